The Morgan fingerprint density at radius 1 is 1.02 bits per heavy atom. The lowest BCUT2D eigenvalue weighted by atomic mass is 9.70. The number of nitrogens with one attached hydrogen (secondary N) is 1. The van der Waals surface area contributed by atoms with Gasteiger partial charge in [0.2, 0.25) is 23.1 Å². The van der Waals surface area contributed by atoms with E-state index in [1.54, 1.807) is 45.4 Å². The van der Waals surface area contributed by atoms with E-state index in [9.17, 15) is 14.4 Å². The number of furan rings is 1. The number of halogens is 1. The van der Waals surface area contributed by atoms with Crippen molar-refractivity contribution in [3.8, 4) is 34.3 Å². The Hall–Kier alpha value is -4.02. The Morgan fingerprint density at radius 2 is 1.71 bits per heavy atom. The average Bonchev–Trinajstić information content (AvgIpc) is 3.51. The van der Waals surface area contributed by atoms with Crippen molar-refractivity contribution in [3.63, 3.8) is 0 Å². The van der Waals surface area contributed by atoms with Crippen LogP contribution in [0.1, 0.15) is 45.4 Å². The Kier molecular flexibility index (Phi) is 8.21. The Bertz CT molecular complexity index is 1540. The largest absolute Gasteiger partial charge is 0.497 e. The third kappa shape index (κ3) is 4.68. The molecule has 222 valence electrons. The molecule has 1 amide bonds. The zero-order valence-corrected chi connectivity index (χ0v) is 24.8. The van der Waals surface area contributed by atoms with E-state index >= 15 is 0 Å². The Balaban J connectivity index is 1.62. The van der Waals surface area contributed by atoms with E-state index < -0.39 is 23.1 Å². The number of fused-ring (bicyclic) bond motifs is 2. The number of ether oxygens (including phenoxy) is 5. The second-order valence-corrected chi connectivity index (χ2v) is 10.6. The molecule has 2 heterocycles. The molecule has 0 radical (unpaired) electrons. The monoisotopic (exact) mass is 597 g/mol. The third-order valence-corrected chi connectivity index (χ3v) is 8.14. The van der Waals surface area contributed by atoms with Crippen molar-refractivity contribution in [2.75, 3.05) is 41.6 Å². The summed E-state index contributed by atoms with van der Waals surface area (Å²) in [6, 6.07) is 8.59. The van der Waals surface area contributed by atoms with Crippen LogP contribution in [0.4, 0.5) is 0 Å². The van der Waals surface area contributed by atoms with Crippen molar-refractivity contribution in [2.24, 2.45) is 5.92 Å². The maximum atomic E-state index is 14.6. The SMILES string of the molecule is COCCCNC(=O)Cc1c(-c2ccc(OC)cc2)oc2c1C(=O)[C@@]1(Oc3c(Cl)c(OC)cc(OC)c3C1=O)[C@H](C)C2. The molecule has 0 saturated heterocycles. The predicted octanol–water partition coefficient (Wildman–Crippen LogP) is 4.71. The van der Waals surface area contributed by atoms with E-state index in [0.717, 1.165) is 0 Å². The highest BCUT2D eigenvalue weighted by Gasteiger charge is 2.63. The van der Waals surface area contributed by atoms with Crippen LogP contribution in [-0.2, 0) is 22.4 Å². The molecule has 11 heteroatoms. The minimum atomic E-state index is -1.93. The molecule has 1 aliphatic carbocycles. The summed E-state index contributed by atoms with van der Waals surface area (Å²) in [5.41, 5.74) is -0.669. The number of hydrogen-bond donors (Lipinski definition) is 1. The normalized spacial score (nSPS) is 18.9. The van der Waals surface area contributed by atoms with Crippen LogP contribution in [0.5, 0.6) is 23.0 Å². The van der Waals surface area contributed by atoms with Crippen molar-refractivity contribution in [2.45, 2.75) is 31.8 Å². The van der Waals surface area contributed by atoms with Gasteiger partial charge in [-0.1, -0.05) is 18.5 Å². The first-order valence-electron chi connectivity index (χ1n) is 13.5. The van der Waals surface area contributed by atoms with Gasteiger partial charge in [0.25, 0.3) is 0 Å². The quantitative estimate of drug-likeness (QED) is 0.261. The zero-order chi connectivity index (χ0) is 30.2. The van der Waals surface area contributed by atoms with E-state index in [4.69, 9.17) is 39.7 Å². The second-order valence-electron chi connectivity index (χ2n) is 10.2. The van der Waals surface area contributed by atoms with Gasteiger partial charge in [0, 0.05) is 49.8 Å². The van der Waals surface area contributed by atoms with Gasteiger partial charge in [0.15, 0.2) is 5.75 Å². The molecule has 3 aromatic rings. The molecule has 0 saturated carbocycles. The molecule has 1 N–H and O–H groups in total. The lowest BCUT2D eigenvalue weighted by molar-refractivity contribution is -0.120. The third-order valence-electron chi connectivity index (χ3n) is 7.79. The van der Waals surface area contributed by atoms with Crippen LogP contribution >= 0.6 is 11.6 Å². The van der Waals surface area contributed by atoms with E-state index in [2.05, 4.69) is 5.32 Å². The molecule has 0 bridgehead atoms. The average molecular weight is 598 g/mol. The second kappa shape index (κ2) is 11.7. The van der Waals surface area contributed by atoms with Crippen LogP contribution in [0.15, 0.2) is 34.7 Å². The molecule has 5 rings (SSSR count). The van der Waals surface area contributed by atoms with Crippen molar-refractivity contribution >= 4 is 29.1 Å². The van der Waals surface area contributed by atoms with Gasteiger partial charge in [-0.2, -0.15) is 0 Å². The minimum absolute atomic E-state index is 0.0258. The van der Waals surface area contributed by atoms with Crippen LogP contribution in [0.25, 0.3) is 11.3 Å². The highest BCUT2D eigenvalue weighted by molar-refractivity contribution is 6.36. The van der Waals surface area contributed by atoms with Gasteiger partial charge in [-0.15, -0.1) is 0 Å². The lowest BCUT2D eigenvalue weighted by Gasteiger charge is -2.35. The summed E-state index contributed by atoms with van der Waals surface area (Å²) >= 11 is 6.57. The van der Waals surface area contributed by atoms with Gasteiger partial charge in [-0.05, 0) is 30.7 Å². The molecular formula is C31H32ClNO9. The molecule has 0 unspecified atom stereocenters. The fourth-order valence-corrected chi connectivity index (χ4v) is 5.91. The number of ketones is 2. The molecule has 42 heavy (non-hydrogen) atoms. The molecule has 1 aromatic heterocycles. The molecule has 2 atom stereocenters. The zero-order valence-electron chi connectivity index (χ0n) is 24.1. The van der Waals surface area contributed by atoms with Crippen LogP contribution in [0, 0.1) is 5.92 Å². The number of carbonyl (C=O) groups excluding carboxylic acids is 3. The topological polar surface area (TPSA) is 123 Å². The fraction of sp³-hybridized carbons (Fsp3) is 0.387. The molecule has 0 fully saturated rings. The summed E-state index contributed by atoms with van der Waals surface area (Å²) in [5, 5.41) is 2.93. The number of rotatable bonds is 10. The minimum Gasteiger partial charge on any atom is -0.497 e. The molecular weight excluding hydrogens is 566 g/mol. The van der Waals surface area contributed by atoms with E-state index in [0.29, 0.717) is 48.0 Å². The summed E-state index contributed by atoms with van der Waals surface area (Å²) in [4.78, 5) is 41.8. The fourth-order valence-electron chi connectivity index (χ4n) is 5.64. The maximum absolute atomic E-state index is 14.6. The summed E-state index contributed by atoms with van der Waals surface area (Å²) in [7, 11) is 5.99. The number of benzene rings is 2. The lowest BCUT2D eigenvalue weighted by Crippen LogP contribution is -2.56. The van der Waals surface area contributed by atoms with Crippen LogP contribution < -0.4 is 24.3 Å². The summed E-state index contributed by atoms with van der Waals surface area (Å²) in [6.45, 7) is 2.64. The van der Waals surface area contributed by atoms with E-state index in [1.807, 2.05) is 0 Å². The summed E-state index contributed by atoms with van der Waals surface area (Å²) in [6.07, 6.45) is 0.683. The van der Waals surface area contributed by atoms with Crippen molar-refractivity contribution in [3.05, 3.63) is 57.8 Å². The maximum Gasteiger partial charge on any atom is 0.237 e. The molecule has 10 nitrogen and oxygen atoms in total. The van der Waals surface area contributed by atoms with Gasteiger partial charge in [0.05, 0.1) is 33.3 Å². The molecule has 1 spiro atoms. The van der Waals surface area contributed by atoms with Gasteiger partial charge in [-0.25, -0.2) is 0 Å². The van der Waals surface area contributed by atoms with E-state index in [-0.39, 0.29) is 52.1 Å². The number of carbonyl (C=O) groups is 3. The molecule has 2 aliphatic rings. The Morgan fingerprint density at radius 3 is 2.36 bits per heavy atom. The molecule has 2 aromatic carbocycles. The van der Waals surface area contributed by atoms with Crippen LogP contribution in [0.2, 0.25) is 5.02 Å². The van der Waals surface area contributed by atoms with Crippen molar-refractivity contribution in [1.82, 2.24) is 5.32 Å². The van der Waals surface area contributed by atoms with Crippen molar-refractivity contribution in [1.29, 1.82) is 0 Å². The van der Waals surface area contributed by atoms with Crippen LogP contribution in [0.3, 0.4) is 0 Å². The molecule has 1 aliphatic heterocycles. The smallest absolute Gasteiger partial charge is 0.237 e. The van der Waals surface area contributed by atoms with Gasteiger partial charge < -0.3 is 33.4 Å². The van der Waals surface area contributed by atoms with Gasteiger partial charge in [-0.3, -0.25) is 14.4 Å². The number of Topliss-reactive ketones (excluding diaryl/α,β-unsaturated/α-hetero) is 2. The first kappa shape index (κ1) is 29.5. The summed E-state index contributed by atoms with van der Waals surface area (Å²) < 4.78 is 33.7. The predicted molar refractivity (Wildman–Crippen MR) is 153 cm³/mol. The van der Waals surface area contributed by atoms with Gasteiger partial charge >= 0.3 is 0 Å². The first-order valence-corrected chi connectivity index (χ1v) is 13.9. The van der Waals surface area contributed by atoms with Gasteiger partial charge in [0.1, 0.15) is 39.4 Å². The number of hydrogen-bond acceptors (Lipinski definition) is 9. The number of methoxy groups -OCH3 is 4. The summed E-state index contributed by atoms with van der Waals surface area (Å²) in [5.74, 6) is -0.259. The van der Waals surface area contributed by atoms with E-state index in [1.165, 1.54) is 20.3 Å². The van der Waals surface area contributed by atoms with Crippen molar-refractivity contribution < 1.29 is 42.5 Å². The highest BCUT2D eigenvalue weighted by Crippen LogP contribution is 2.54. The standard InChI is InChI=1S/C31H32ClNO9/c1-16-13-21-24(29(35)31(16)30(36)25-20(39-4)15-22(40-5)26(32)28(25)42-31)19(14-23(34)33-11-6-12-37-2)27(41-21)17-7-9-18(38-3)10-8-17/h7-10,15-16H,6,11-14H2,1-5H3,(H,33,34)/t16-,31+/m1/s1. The number of amides is 1. The first-order chi connectivity index (χ1) is 20.2. The highest BCUT2D eigenvalue weighted by atomic mass is 35.5. The Labute approximate surface area is 248 Å². The van der Waals surface area contributed by atoms with Crippen LogP contribution in [-0.4, -0.2) is 64.7 Å².